The van der Waals surface area contributed by atoms with E-state index in [1.807, 2.05) is 22.8 Å². The van der Waals surface area contributed by atoms with Crippen LogP contribution in [0.4, 0.5) is 5.95 Å². The summed E-state index contributed by atoms with van der Waals surface area (Å²) in [6.07, 6.45) is 3.55. The predicted molar refractivity (Wildman–Crippen MR) is 108 cm³/mol. The Hall–Kier alpha value is -1.77. The Morgan fingerprint density at radius 1 is 1.19 bits per heavy atom. The van der Waals surface area contributed by atoms with Crippen LogP contribution in [-0.2, 0) is 12.8 Å². The Kier molecular flexibility index (Phi) is 4.29. The summed E-state index contributed by atoms with van der Waals surface area (Å²) >= 11 is 1.85. The van der Waals surface area contributed by atoms with Crippen molar-refractivity contribution in [3.05, 3.63) is 16.3 Å². The van der Waals surface area contributed by atoms with Gasteiger partial charge in [0, 0.05) is 37.6 Å². The average Bonchev–Trinajstić information content (AvgIpc) is 3.21. The number of thiophene rings is 1. The molecule has 1 aliphatic carbocycles. The number of aliphatic hydroxyl groups excluding tert-OH is 1. The zero-order valence-electron chi connectivity index (χ0n) is 16.0. The molecule has 0 unspecified atom stereocenters. The number of hydrogen-bond acceptors (Lipinski definition) is 7. The third kappa shape index (κ3) is 2.90. The van der Waals surface area contributed by atoms with Gasteiger partial charge in [-0.2, -0.15) is 4.52 Å². The van der Waals surface area contributed by atoms with Crippen LogP contribution in [0.5, 0.6) is 0 Å². The lowest BCUT2D eigenvalue weighted by Gasteiger charge is -2.34. The SMILES string of the molecule is Cc1nc2c3c4c(sc3nc(N3CCN(CCO)CC3)n2n1)CC[C@H](C)C4. The first-order valence-electron chi connectivity index (χ1n) is 9.90. The van der Waals surface area contributed by atoms with Crippen LogP contribution in [0, 0.1) is 12.8 Å². The first kappa shape index (κ1) is 17.3. The zero-order valence-corrected chi connectivity index (χ0v) is 16.8. The first-order valence-corrected chi connectivity index (χ1v) is 10.7. The molecule has 2 aliphatic rings. The maximum absolute atomic E-state index is 9.17. The van der Waals surface area contributed by atoms with Crippen molar-refractivity contribution in [3.63, 3.8) is 0 Å². The molecular formula is C19H26N6OS. The number of nitrogens with zero attached hydrogens (tertiary/aromatic N) is 6. The third-order valence-corrected chi connectivity index (χ3v) is 7.07. The maximum atomic E-state index is 9.17. The van der Waals surface area contributed by atoms with Gasteiger partial charge >= 0.3 is 0 Å². The predicted octanol–water partition coefficient (Wildman–Crippen LogP) is 1.89. The van der Waals surface area contributed by atoms with Gasteiger partial charge in [-0.15, -0.1) is 16.4 Å². The summed E-state index contributed by atoms with van der Waals surface area (Å²) < 4.78 is 1.96. The van der Waals surface area contributed by atoms with Crippen LogP contribution in [0.3, 0.4) is 0 Å². The topological polar surface area (TPSA) is 69.8 Å². The normalized spacial score (nSPS) is 21.3. The summed E-state index contributed by atoms with van der Waals surface area (Å²) in [4.78, 5) is 17.1. The Bertz CT molecular complexity index is 987. The number of aliphatic hydroxyl groups is 1. The molecule has 1 fully saturated rings. The van der Waals surface area contributed by atoms with Gasteiger partial charge in [-0.25, -0.2) is 9.97 Å². The number of hydrogen-bond donors (Lipinski definition) is 1. The summed E-state index contributed by atoms with van der Waals surface area (Å²) in [5.41, 5.74) is 2.43. The van der Waals surface area contributed by atoms with Crippen molar-refractivity contribution in [3.8, 4) is 0 Å². The van der Waals surface area contributed by atoms with Crippen LogP contribution in [-0.4, -0.2) is 68.9 Å². The molecule has 0 aromatic carbocycles. The Labute approximate surface area is 162 Å². The highest BCUT2D eigenvalue weighted by Crippen LogP contribution is 2.40. The van der Waals surface area contributed by atoms with Crippen molar-refractivity contribution in [2.45, 2.75) is 33.1 Å². The van der Waals surface area contributed by atoms with Crippen molar-refractivity contribution in [2.75, 3.05) is 44.2 Å². The van der Waals surface area contributed by atoms with Gasteiger partial charge in [0.15, 0.2) is 5.65 Å². The number of β-amino-alcohol motifs (C(OH)–C–C–N with tert-alkyl or cyclic N) is 1. The second kappa shape index (κ2) is 6.68. The van der Waals surface area contributed by atoms with E-state index in [9.17, 15) is 5.11 Å². The van der Waals surface area contributed by atoms with E-state index in [0.717, 1.165) is 73.7 Å². The molecule has 8 heteroatoms. The molecule has 0 saturated carbocycles. The van der Waals surface area contributed by atoms with E-state index in [1.165, 1.54) is 22.2 Å². The molecule has 0 amide bonds. The third-order valence-electron chi connectivity index (χ3n) is 5.89. The van der Waals surface area contributed by atoms with Crippen LogP contribution in [0.1, 0.15) is 29.6 Å². The average molecular weight is 387 g/mol. The highest BCUT2D eigenvalue weighted by Gasteiger charge is 2.27. The van der Waals surface area contributed by atoms with Crippen LogP contribution in [0.15, 0.2) is 0 Å². The molecule has 1 N–H and O–H groups in total. The number of anilines is 1. The second-order valence-corrected chi connectivity index (χ2v) is 8.97. The standard InChI is InChI=1S/C19H26N6OS/c1-12-3-4-15-14(11-12)16-17-20-13(2)22-25(17)19(21-18(16)27-15)24-7-5-23(6-8-24)9-10-26/h12,26H,3-11H2,1-2H3/t12-/m0/s1. The number of fused-ring (bicyclic) bond motifs is 5. The molecular weight excluding hydrogens is 360 g/mol. The van der Waals surface area contributed by atoms with Gasteiger partial charge < -0.3 is 10.0 Å². The Morgan fingerprint density at radius 2 is 2.00 bits per heavy atom. The molecule has 0 spiro atoms. The summed E-state index contributed by atoms with van der Waals surface area (Å²) in [6, 6.07) is 0. The number of aryl methyl sites for hydroxylation is 2. The van der Waals surface area contributed by atoms with E-state index in [-0.39, 0.29) is 6.61 Å². The molecule has 1 aliphatic heterocycles. The molecule has 0 bridgehead atoms. The number of aromatic nitrogens is 4. The van der Waals surface area contributed by atoms with Gasteiger partial charge in [0.1, 0.15) is 10.7 Å². The van der Waals surface area contributed by atoms with Gasteiger partial charge in [0.05, 0.1) is 12.0 Å². The fourth-order valence-corrected chi connectivity index (χ4v) is 5.63. The van der Waals surface area contributed by atoms with Crippen molar-refractivity contribution in [1.29, 1.82) is 0 Å². The molecule has 7 nitrogen and oxygen atoms in total. The summed E-state index contributed by atoms with van der Waals surface area (Å²) in [5.74, 6) is 2.43. The lowest BCUT2D eigenvalue weighted by Crippen LogP contribution is -2.48. The molecule has 27 heavy (non-hydrogen) atoms. The van der Waals surface area contributed by atoms with Gasteiger partial charge in [-0.05, 0) is 37.7 Å². The maximum Gasteiger partial charge on any atom is 0.230 e. The fraction of sp³-hybridized carbons (Fsp3) is 0.632. The summed E-state index contributed by atoms with van der Waals surface area (Å²) in [7, 11) is 0. The highest BCUT2D eigenvalue weighted by atomic mass is 32.1. The molecule has 144 valence electrons. The molecule has 0 radical (unpaired) electrons. The first-order chi connectivity index (χ1) is 13.1. The largest absolute Gasteiger partial charge is 0.395 e. The van der Waals surface area contributed by atoms with Crippen LogP contribution >= 0.6 is 11.3 Å². The van der Waals surface area contributed by atoms with E-state index in [4.69, 9.17) is 15.1 Å². The van der Waals surface area contributed by atoms with Crippen molar-refractivity contribution in [1.82, 2.24) is 24.5 Å². The minimum Gasteiger partial charge on any atom is -0.395 e. The van der Waals surface area contributed by atoms with Crippen molar-refractivity contribution >= 4 is 33.1 Å². The summed E-state index contributed by atoms with van der Waals surface area (Å²) in [6.45, 7) is 8.94. The zero-order chi connectivity index (χ0) is 18.5. The lowest BCUT2D eigenvalue weighted by molar-refractivity contribution is 0.188. The smallest absolute Gasteiger partial charge is 0.230 e. The van der Waals surface area contributed by atoms with Crippen LogP contribution in [0.25, 0.3) is 15.9 Å². The van der Waals surface area contributed by atoms with Gasteiger partial charge in [0.2, 0.25) is 5.95 Å². The molecule has 1 saturated heterocycles. The number of rotatable bonds is 3. The van der Waals surface area contributed by atoms with Crippen LogP contribution in [0.2, 0.25) is 0 Å². The summed E-state index contributed by atoms with van der Waals surface area (Å²) in [5, 5.41) is 15.1. The highest BCUT2D eigenvalue weighted by molar-refractivity contribution is 7.19. The van der Waals surface area contributed by atoms with E-state index >= 15 is 0 Å². The van der Waals surface area contributed by atoms with Crippen molar-refractivity contribution in [2.24, 2.45) is 5.92 Å². The second-order valence-electron chi connectivity index (χ2n) is 7.89. The molecule has 3 aromatic heterocycles. The fourth-order valence-electron chi connectivity index (χ4n) is 4.43. The van der Waals surface area contributed by atoms with E-state index in [1.54, 1.807) is 0 Å². The Balaban J connectivity index is 1.61. The minimum atomic E-state index is 0.218. The molecule has 3 aromatic rings. The quantitative estimate of drug-likeness (QED) is 0.741. The number of piperazine rings is 1. The minimum absolute atomic E-state index is 0.218. The Morgan fingerprint density at radius 3 is 2.78 bits per heavy atom. The molecule has 5 rings (SSSR count). The van der Waals surface area contributed by atoms with Crippen LogP contribution < -0.4 is 4.90 Å². The van der Waals surface area contributed by atoms with E-state index < -0.39 is 0 Å². The van der Waals surface area contributed by atoms with Gasteiger partial charge in [-0.1, -0.05) is 6.92 Å². The van der Waals surface area contributed by atoms with Crippen molar-refractivity contribution < 1.29 is 5.11 Å². The van der Waals surface area contributed by atoms with E-state index in [2.05, 4.69) is 16.7 Å². The van der Waals surface area contributed by atoms with Gasteiger partial charge in [0.25, 0.3) is 0 Å². The van der Waals surface area contributed by atoms with E-state index in [0.29, 0.717) is 0 Å². The van der Waals surface area contributed by atoms with Gasteiger partial charge in [-0.3, -0.25) is 4.90 Å². The molecule has 1 atom stereocenters. The molecule has 4 heterocycles. The lowest BCUT2D eigenvalue weighted by atomic mass is 9.89. The monoisotopic (exact) mass is 386 g/mol.